The zero-order valence-corrected chi connectivity index (χ0v) is 15.0. The molecule has 2 fully saturated rings. The maximum absolute atomic E-state index is 12.6. The lowest BCUT2D eigenvalue weighted by Crippen LogP contribution is -2.49. The Morgan fingerprint density at radius 1 is 1.00 bits per heavy atom. The van der Waals surface area contributed by atoms with E-state index in [9.17, 15) is 9.59 Å². The second-order valence-electron chi connectivity index (χ2n) is 7.04. The van der Waals surface area contributed by atoms with Crippen LogP contribution in [0.2, 0.25) is 0 Å². The van der Waals surface area contributed by atoms with Crippen molar-refractivity contribution < 1.29 is 14.3 Å². The molecule has 2 saturated heterocycles. The molecule has 6 heteroatoms. The topological polar surface area (TPSA) is 70.7 Å². The second-order valence-corrected chi connectivity index (χ2v) is 7.04. The summed E-state index contributed by atoms with van der Waals surface area (Å²) in [7, 11) is 0. The van der Waals surface area contributed by atoms with Crippen LogP contribution in [0.25, 0.3) is 0 Å². The number of rotatable bonds is 4. The first-order chi connectivity index (χ1) is 13.2. The zero-order chi connectivity index (χ0) is 18.6. The van der Waals surface area contributed by atoms with Crippen molar-refractivity contribution in [2.45, 2.75) is 25.2 Å². The van der Waals surface area contributed by atoms with E-state index in [-0.39, 0.29) is 30.1 Å². The lowest BCUT2D eigenvalue weighted by atomic mass is 9.99. The van der Waals surface area contributed by atoms with Crippen LogP contribution in [0, 0.1) is 5.92 Å². The van der Waals surface area contributed by atoms with Gasteiger partial charge in [0.1, 0.15) is 0 Å². The molecule has 2 aromatic rings. The summed E-state index contributed by atoms with van der Waals surface area (Å²) in [6, 6.07) is 19.1. The third-order valence-corrected chi connectivity index (χ3v) is 5.12. The van der Waals surface area contributed by atoms with E-state index in [1.54, 1.807) is 4.90 Å². The molecule has 2 aromatic carbocycles. The van der Waals surface area contributed by atoms with Gasteiger partial charge in [0.15, 0.2) is 0 Å². The number of para-hydroxylation sites is 1. The molecule has 0 aliphatic carbocycles. The number of urea groups is 1. The largest absolute Gasteiger partial charge is 0.370 e. The predicted molar refractivity (Wildman–Crippen MR) is 102 cm³/mol. The molecule has 6 nitrogen and oxygen atoms in total. The van der Waals surface area contributed by atoms with Gasteiger partial charge in [0.05, 0.1) is 18.1 Å². The number of morpholine rings is 1. The third-order valence-electron chi connectivity index (χ3n) is 5.12. The Kier molecular flexibility index (Phi) is 5.07. The van der Waals surface area contributed by atoms with Gasteiger partial charge in [0.2, 0.25) is 5.91 Å². The Bertz CT molecular complexity index is 797. The highest BCUT2D eigenvalue weighted by Crippen LogP contribution is 2.32. The number of carbonyl (C=O) groups is 2. The quantitative estimate of drug-likeness (QED) is 0.875. The smallest absolute Gasteiger partial charge is 0.322 e. The van der Waals surface area contributed by atoms with Crippen molar-refractivity contribution in [2.24, 2.45) is 5.92 Å². The summed E-state index contributed by atoms with van der Waals surface area (Å²) in [4.78, 5) is 26.9. The molecule has 0 aromatic heterocycles. The van der Waals surface area contributed by atoms with E-state index in [1.807, 2.05) is 60.7 Å². The minimum Gasteiger partial charge on any atom is -0.370 e. The molecule has 0 saturated carbocycles. The molecular formula is C21H23N3O3. The lowest BCUT2D eigenvalue weighted by Gasteiger charge is -2.32. The van der Waals surface area contributed by atoms with Crippen LogP contribution in [0.3, 0.4) is 0 Å². The fourth-order valence-corrected chi connectivity index (χ4v) is 3.74. The Morgan fingerprint density at radius 2 is 1.70 bits per heavy atom. The van der Waals surface area contributed by atoms with E-state index in [4.69, 9.17) is 4.74 Å². The Balaban J connectivity index is 1.33. The summed E-state index contributed by atoms with van der Waals surface area (Å²) in [6.07, 6.45) is 0.319. The second kappa shape index (κ2) is 7.80. The van der Waals surface area contributed by atoms with Gasteiger partial charge < -0.3 is 20.3 Å². The van der Waals surface area contributed by atoms with Crippen molar-refractivity contribution >= 4 is 17.6 Å². The molecule has 0 unspecified atom stereocenters. The highest BCUT2D eigenvalue weighted by atomic mass is 16.5. The number of carbonyl (C=O) groups excluding carboxylic acids is 2. The van der Waals surface area contributed by atoms with Crippen molar-refractivity contribution in [3.8, 4) is 0 Å². The van der Waals surface area contributed by atoms with E-state index >= 15 is 0 Å². The summed E-state index contributed by atoms with van der Waals surface area (Å²) in [5, 5.41) is 5.90. The van der Waals surface area contributed by atoms with Crippen LogP contribution in [0.4, 0.5) is 10.5 Å². The van der Waals surface area contributed by atoms with Gasteiger partial charge >= 0.3 is 6.03 Å². The minimum absolute atomic E-state index is 0.00308. The molecule has 4 rings (SSSR count). The Morgan fingerprint density at radius 3 is 2.44 bits per heavy atom. The predicted octanol–water partition coefficient (Wildman–Crippen LogP) is 2.62. The number of nitrogens with zero attached hydrogens (tertiary/aromatic N) is 1. The minimum atomic E-state index is -0.249. The molecule has 2 bridgehead atoms. The van der Waals surface area contributed by atoms with Crippen LogP contribution < -0.4 is 10.6 Å². The molecule has 0 spiro atoms. The number of hydrogen-bond acceptors (Lipinski definition) is 3. The third kappa shape index (κ3) is 4.11. The van der Waals surface area contributed by atoms with E-state index in [0.717, 1.165) is 11.3 Å². The van der Waals surface area contributed by atoms with Crippen molar-refractivity contribution in [3.05, 3.63) is 66.2 Å². The number of ether oxygens (including phenoxy) is 1. The van der Waals surface area contributed by atoms with Gasteiger partial charge in [-0.25, -0.2) is 4.79 Å². The highest BCUT2D eigenvalue weighted by Gasteiger charge is 2.45. The van der Waals surface area contributed by atoms with Crippen LogP contribution in [-0.2, 0) is 16.1 Å². The molecule has 2 aliphatic rings. The number of fused-ring (bicyclic) bond motifs is 2. The fourth-order valence-electron chi connectivity index (χ4n) is 3.74. The first kappa shape index (κ1) is 17.5. The molecule has 0 radical (unpaired) electrons. The normalized spacial score (nSPS) is 23.7. The fraction of sp³-hybridized carbons (Fsp3) is 0.333. The van der Waals surface area contributed by atoms with Gasteiger partial charge in [-0.2, -0.15) is 0 Å². The number of hydrogen-bond donors (Lipinski definition) is 2. The van der Waals surface area contributed by atoms with E-state index in [2.05, 4.69) is 10.6 Å². The van der Waals surface area contributed by atoms with Gasteiger partial charge in [-0.1, -0.05) is 48.5 Å². The van der Waals surface area contributed by atoms with Crippen LogP contribution in [0.5, 0.6) is 0 Å². The number of likely N-dealkylation sites (tertiary alicyclic amines) is 1. The monoisotopic (exact) mass is 365 g/mol. The number of anilines is 1. The summed E-state index contributed by atoms with van der Waals surface area (Å²) in [5.41, 5.74) is 1.83. The first-order valence-corrected chi connectivity index (χ1v) is 9.27. The SMILES string of the molecule is O=C(NCc1ccccc1)[C@H]1C[C@@H]2CN(C(=O)Nc3ccccc3)C[C@H]1O2. The molecule has 3 atom stereocenters. The van der Waals surface area contributed by atoms with Gasteiger partial charge in [0.25, 0.3) is 0 Å². The van der Waals surface area contributed by atoms with E-state index in [0.29, 0.717) is 26.1 Å². The summed E-state index contributed by atoms with van der Waals surface area (Å²) in [6.45, 7) is 1.45. The highest BCUT2D eigenvalue weighted by molar-refractivity contribution is 5.89. The molecule has 3 amide bonds. The van der Waals surface area contributed by atoms with Crippen LogP contribution in [0.1, 0.15) is 12.0 Å². The standard InChI is InChI=1S/C21H23N3O3/c25-20(22-12-15-7-3-1-4-8-15)18-11-17-13-24(14-19(18)27-17)21(26)23-16-9-5-2-6-10-16/h1-10,17-19H,11-14H2,(H,22,25)(H,23,26)/t17-,18+,19-/m1/s1. The van der Waals surface area contributed by atoms with E-state index in [1.165, 1.54) is 0 Å². The average molecular weight is 365 g/mol. The van der Waals surface area contributed by atoms with Crippen molar-refractivity contribution in [1.82, 2.24) is 10.2 Å². The molecule has 27 heavy (non-hydrogen) atoms. The first-order valence-electron chi connectivity index (χ1n) is 9.27. The Labute approximate surface area is 158 Å². The number of nitrogens with one attached hydrogen (secondary N) is 2. The van der Waals surface area contributed by atoms with Gasteiger partial charge in [-0.05, 0) is 24.1 Å². The maximum atomic E-state index is 12.6. The summed E-state index contributed by atoms with van der Waals surface area (Å²) >= 11 is 0. The van der Waals surface area contributed by atoms with Gasteiger partial charge in [-0.15, -0.1) is 0 Å². The van der Waals surface area contributed by atoms with Crippen LogP contribution in [0.15, 0.2) is 60.7 Å². The van der Waals surface area contributed by atoms with Crippen molar-refractivity contribution in [1.29, 1.82) is 0 Å². The zero-order valence-electron chi connectivity index (χ0n) is 15.0. The van der Waals surface area contributed by atoms with E-state index < -0.39 is 0 Å². The number of benzene rings is 2. The molecule has 2 heterocycles. The molecule has 2 aliphatic heterocycles. The maximum Gasteiger partial charge on any atom is 0.322 e. The molecular weight excluding hydrogens is 342 g/mol. The van der Waals surface area contributed by atoms with Crippen molar-refractivity contribution in [2.75, 3.05) is 18.4 Å². The lowest BCUT2D eigenvalue weighted by molar-refractivity contribution is -0.127. The van der Waals surface area contributed by atoms with Crippen LogP contribution >= 0.6 is 0 Å². The summed E-state index contributed by atoms with van der Waals surface area (Å²) < 4.78 is 5.93. The van der Waals surface area contributed by atoms with Crippen LogP contribution in [-0.4, -0.2) is 42.1 Å². The van der Waals surface area contributed by atoms with Gasteiger partial charge in [-0.3, -0.25) is 4.79 Å². The van der Waals surface area contributed by atoms with Crippen molar-refractivity contribution in [3.63, 3.8) is 0 Å². The molecule has 140 valence electrons. The Hall–Kier alpha value is -2.86. The summed E-state index contributed by atoms with van der Waals surface area (Å²) in [5.74, 6) is -0.218. The van der Waals surface area contributed by atoms with Gasteiger partial charge in [0, 0.05) is 25.3 Å². The molecule has 2 N–H and O–H groups in total. The average Bonchev–Trinajstić information content (AvgIpc) is 3.01. The number of amides is 3.